The molecule has 0 saturated heterocycles. The highest BCUT2D eigenvalue weighted by Crippen LogP contribution is 2.17. The number of rotatable bonds is 36. The third-order valence-electron chi connectivity index (χ3n) is 10.0. The Morgan fingerprint density at radius 3 is 1.47 bits per heavy atom. The van der Waals surface area contributed by atoms with Crippen molar-refractivity contribution in [2.75, 3.05) is 6.61 Å². The van der Waals surface area contributed by atoms with Crippen LogP contribution in [-0.2, 0) is 4.79 Å². The minimum Gasteiger partial charge on any atom is -0.394 e. The maximum atomic E-state index is 12.4. The molecule has 0 saturated carbocycles. The van der Waals surface area contributed by atoms with Crippen LogP contribution in [0.4, 0.5) is 0 Å². The molecule has 47 heavy (non-hydrogen) atoms. The Bertz CT molecular complexity index is 687. The van der Waals surface area contributed by atoms with Crippen LogP contribution in [0.5, 0.6) is 0 Å². The lowest BCUT2D eigenvalue weighted by molar-refractivity contribution is -0.132. The predicted octanol–water partition coefficient (Wildman–Crippen LogP) is 10.1. The van der Waals surface area contributed by atoms with Gasteiger partial charge in [-0.2, -0.15) is 0 Å². The van der Waals surface area contributed by atoms with Gasteiger partial charge >= 0.3 is 0 Å². The molecule has 0 spiro atoms. The largest absolute Gasteiger partial charge is 0.394 e. The van der Waals surface area contributed by atoms with E-state index in [-0.39, 0.29) is 6.42 Å². The van der Waals surface area contributed by atoms with Crippen LogP contribution in [0.3, 0.4) is 0 Å². The normalized spacial score (nSPS) is 15.1. The molecule has 6 nitrogen and oxygen atoms in total. The lowest BCUT2D eigenvalue weighted by atomic mass is 9.98. The molecule has 280 valence electrons. The zero-order chi connectivity index (χ0) is 34.8. The van der Waals surface area contributed by atoms with Gasteiger partial charge in [-0.25, -0.2) is 0 Å². The Labute approximate surface area is 292 Å². The van der Waals surface area contributed by atoms with Crippen molar-refractivity contribution in [3.63, 3.8) is 0 Å². The molecule has 0 rings (SSSR count). The van der Waals surface area contributed by atoms with E-state index in [0.717, 1.165) is 38.0 Å². The van der Waals surface area contributed by atoms with Gasteiger partial charge in [-0.3, -0.25) is 4.79 Å². The molecule has 0 fully saturated rings. The fraction of sp³-hybridized carbons (Fsp3) is 0.927. The van der Waals surface area contributed by atoms with Gasteiger partial charge in [0.2, 0.25) is 5.91 Å². The average Bonchev–Trinajstić information content (AvgIpc) is 3.08. The van der Waals surface area contributed by atoms with Crippen LogP contribution in [0.15, 0.2) is 12.2 Å². The second-order valence-corrected chi connectivity index (χ2v) is 14.6. The monoisotopic (exact) mass is 668 g/mol. The first-order valence-electron chi connectivity index (χ1n) is 20.5. The van der Waals surface area contributed by atoms with Crippen molar-refractivity contribution in [3.8, 4) is 0 Å². The van der Waals surface area contributed by atoms with Crippen molar-refractivity contribution < 1.29 is 25.2 Å². The highest BCUT2D eigenvalue weighted by atomic mass is 16.3. The van der Waals surface area contributed by atoms with E-state index < -0.39 is 36.9 Å². The molecule has 0 heterocycles. The molecule has 5 atom stereocenters. The second-order valence-electron chi connectivity index (χ2n) is 14.6. The van der Waals surface area contributed by atoms with E-state index in [1.807, 2.05) is 12.2 Å². The third-order valence-corrected chi connectivity index (χ3v) is 10.0. The number of aliphatic hydroxyl groups is 4. The Kier molecular flexibility index (Phi) is 34.2. The van der Waals surface area contributed by atoms with E-state index in [2.05, 4.69) is 26.1 Å². The van der Waals surface area contributed by atoms with Crippen LogP contribution < -0.4 is 5.32 Å². The lowest BCUT2D eigenvalue weighted by Crippen LogP contribution is -2.53. The van der Waals surface area contributed by atoms with Gasteiger partial charge in [-0.15, -0.1) is 0 Å². The van der Waals surface area contributed by atoms with Crippen molar-refractivity contribution in [3.05, 3.63) is 12.2 Å². The molecule has 0 bridgehead atoms. The number of carbonyl (C=O) groups excluding carboxylic acids is 1. The standard InChI is InChI=1S/C41H81NO5/c1-4-6-7-8-9-10-11-12-13-14-15-16-17-18-21-25-28-31-34-39(45)41(47)42-37(35-43)40(46)38(44)33-30-27-24-22-19-20-23-26-29-32-36(3)5-2/h28,31,36-40,43-46H,4-27,29-30,32-35H2,1-3H3,(H,42,47)/b31-28+/t36?,37-,38+,39+,40?/m0/s1. The molecule has 6 heteroatoms. The van der Waals surface area contributed by atoms with E-state index in [0.29, 0.717) is 6.42 Å². The molecular formula is C41H81NO5. The second kappa shape index (κ2) is 34.9. The van der Waals surface area contributed by atoms with E-state index in [9.17, 15) is 25.2 Å². The van der Waals surface area contributed by atoms with Gasteiger partial charge in [-0.05, 0) is 25.2 Å². The number of unbranched alkanes of at least 4 members (excludes halogenated alkanes) is 23. The minimum absolute atomic E-state index is 0.194. The van der Waals surface area contributed by atoms with Gasteiger partial charge in [0.05, 0.1) is 18.8 Å². The first-order chi connectivity index (χ1) is 22.9. The summed E-state index contributed by atoms with van der Waals surface area (Å²) in [4.78, 5) is 12.4. The molecule has 0 aliphatic rings. The predicted molar refractivity (Wildman–Crippen MR) is 201 cm³/mol. The number of nitrogens with one attached hydrogen (secondary N) is 1. The number of aliphatic hydroxyl groups excluding tert-OH is 4. The first kappa shape index (κ1) is 46.0. The van der Waals surface area contributed by atoms with Gasteiger partial charge in [0.25, 0.3) is 0 Å². The van der Waals surface area contributed by atoms with Crippen LogP contribution in [0, 0.1) is 5.92 Å². The molecule has 0 aromatic heterocycles. The summed E-state index contributed by atoms with van der Waals surface area (Å²) < 4.78 is 0. The first-order valence-corrected chi connectivity index (χ1v) is 20.5. The average molecular weight is 668 g/mol. The third kappa shape index (κ3) is 29.7. The maximum absolute atomic E-state index is 12.4. The minimum atomic E-state index is -1.27. The van der Waals surface area contributed by atoms with Crippen molar-refractivity contribution in [1.29, 1.82) is 0 Å². The summed E-state index contributed by atoms with van der Waals surface area (Å²) in [5.74, 6) is 0.219. The molecule has 2 unspecified atom stereocenters. The van der Waals surface area contributed by atoms with Gasteiger partial charge in [0.1, 0.15) is 12.2 Å². The molecule has 0 aliphatic heterocycles. The molecule has 0 aliphatic carbocycles. The molecule has 0 radical (unpaired) electrons. The molecule has 1 amide bonds. The number of carbonyl (C=O) groups is 1. The summed E-state index contributed by atoms with van der Waals surface area (Å²) in [6.45, 7) is 6.37. The zero-order valence-corrected chi connectivity index (χ0v) is 31.5. The number of hydrogen-bond acceptors (Lipinski definition) is 5. The number of amides is 1. The Morgan fingerprint density at radius 1 is 0.596 bits per heavy atom. The van der Waals surface area contributed by atoms with Crippen molar-refractivity contribution in [2.24, 2.45) is 5.92 Å². The van der Waals surface area contributed by atoms with E-state index in [4.69, 9.17) is 0 Å². The topological polar surface area (TPSA) is 110 Å². The van der Waals surface area contributed by atoms with Crippen LogP contribution in [0.25, 0.3) is 0 Å². The van der Waals surface area contributed by atoms with E-state index >= 15 is 0 Å². The van der Waals surface area contributed by atoms with Gasteiger partial charge < -0.3 is 25.7 Å². The smallest absolute Gasteiger partial charge is 0.249 e. The number of allylic oxidation sites excluding steroid dienone is 1. The van der Waals surface area contributed by atoms with Crippen LogP contribution in [0.1, 0.15) is 207 Å². The Hall–Kier alpha value is -0.950. The van der Waals surface area contributed by atoms with E-state index in [1.54, 1.807) is 0 Å². The van der Waals surface area contributed by atoms with Crippen molar-refractivity contribution in [2.45, 2.75) is 231 Å². The molecule has 0 aromatic carbocycles. The summed E-state index contributed by atoms with van der Waals surface area (Å²) in [7, 11) is 0. The molecular weight excluding hydrogens is 586 g/mol. The quantitative estimate of drug-likeness (QED) is 0.0337. The van der Waals surface area contributed by atoms with Crippen molar-refractivity contribution >= 4 is 5.91 Å². The Morgan fingerprint density at radius 2 is 1.02 bits per heavy atom. The molecule has 0 aromatic rings. The van der Waals surface area contributed by atoms with Crippen LogP contribution in [-0.4, -0.2) is 57.3 Å². The van der Waals surface area contributed by atoms with Crippen LogP contribution >= 0.6 is 0 Å². The zero-order valence-electron chi connectivity index (χ0n) is 31.5. The summed E-state index contributed by atoms with van der Waals surface area (Å²) in [6, 6.07) is -1.00. The van der Waals surface area contributed by atoms with Gasteiger partial charge in [0.15, 0.2) is 0 Å². The summed E-state index contributed by atoms with van der Waals surface area (Å²) in [6.07, 6.45) is 35.3. The van der Waals surface area contributed by atoms with Gasteiger partial charge in [0, 0.05) is 6.42 Å². The van der Waals surface area contributed by atoms with E-state index in [1.165, 1.54) is 141 Å². The maximum Gasteiger partial charge on any atom is 0.249 e. The van der Waals surface area contributed by atoms with Crippen LogP contribution in [0.2, 0.25) is 0 Å². The highest BCUT2D eigenvalue weighted by Gasteiger charge is 2.28. The summed E-state index contributed by atoms with van der Waals surface area (Å²) >= 11 is 0. The fourth-order valence-electron chi connectivity index (χ4n) is 6.33. The summed E-state index contributed by atoms with van der Waals surface area (Å²) in [5, 5.41) is 43.5. The summed E-state index contributed by atoms with van der Waals surface area (Å²) in [5.41, 5.74) is 0. The highest BCUT2D eigenvalue weighted by molar-refractivity contribution is 5.81. The number of hydrogen-bond donors (Lipinski definition) is 5. The Balaban J connectivity index is 3.81. The molecule has 5 N–H and O–H groups in total. The van der Waals surface area contributed by atoms with Crippen molar-refractivity contribution in [1.82, 2.24) is 5.32 Å². The fourth-order valence-corrected chi connectivity index (χ4v) is 6.33. The lowest BCUT2D eigenvalue weighted by Gasteiger charge is -2.27. The van der Waals surface area contributed by atoms with Gasteiger partial charge in [-0.1, -0.05) is 193 Å². The SMILES string of the molecule is CCCCCCCCCCCCCCCCC/C=C/C[C@@H](O)C(=O)N[C@@H](CO)C(O)[C@H](O)CCCCCCCCCCCC(C)CC.